The molecule has 1 aromatic carbocycles. The maximum atomic E-state index is 11.7. The summed E-state index contributed by atoms with van der Waals surface area (Å²) in [4.78, 5) is 22.1. The highest BCUT2D eigenvalue weighted by Crippen LogP contribution is 2.14. The van der Waals surface area contributed by atoms with E-state index in [9.17, 15) is 18.0 Å². The van der Waals surface area contributed by atoms with Gasteiger partial charge in [0.1, 0.15) is 0 Å². The van der Waals surface area contributed by atoms with E-state index in [0.717, 1.165) is 13.3 Å². The number of benzene rings is 1. The quantitative estimate of drug-likeness (QED) is 0.851. The van der Waals surface area contributed by atoms with Gasteiger partial charge in [-0.3, -0.25) is 9.59 Å². The summed E-state index contributed by atoms with van der Waals surface area (Å²) in [5.74, 6) is -0.778. The number of carbonyl (C=O) groups excluding carboxylic acids is 2. The molecule has 1 aromatic rings. The molecule has 0 saturated heterocycles. The Morgan fingerprint density at radius 2 is 1.74 bits per heavy atom. The molecule has 0 spiro atoms. The average Bonchev–Trinajstić information content (AvgIpc) is 2.28. The maximum Gasteiger partial charge on any atom is 0.264 e. The highest BCUT2D eigenvalue weighted by molar-refractivity contribution is 7.90. The van der Waals surface area contributed by atoms with Gasteiger partial charge in [0.2, 0.25) is 11.8 Å². The molecule has 2 amide bonds. The molecule has 0 bridgehead atoms. The Kier molecular flexibility index (Phi) is 5.05. The molecule has 0 atom stereocenters. The molecule has 0 radical (unpaired) electrons. The molecule has 7 heteroatoms. The monoisotopic (exact) mass is 284 g/mol. The van der Waals surface area contributed by atoms with Crippen molar-refractivity contribution in [3.05, 3.63) is 24.3 Å². The number of sulfonamides is 1. The van der Waals surface area contributed by atoms with Crippen molar-refractivity contribution in [2.75, 3.05) is 5.32 Å². The third kappa shape index (κ3) is 4.70. The Labute approximate surface area is 112 Å². The minimum absolute atomic E-state index is 0.0313. The Balaban J connectivity index is 2.82. The van der Waals surface area contributed by atoms with E-state index < -0.39 is 15.9 Å². The second-order valence-corrected chi connectivity index (χ2v) is 5.67. The van der Waals surface area contributed by atoms with E-state index in [0.29, 0.717) is 12.1 Å². The molecular formula is C12H16N2O4S. The van der Waals surface area contributed by atoms with Gasteiger partial charge in [0.05, 0.1) is 4.90 Å². The van der Waals surface area contributed by atoms with Gasteiger partial charge < -0.3 is 5.32 Å². The highest BCUT2D eigenvalue weighted by Gasteiger charge is 2.15. The molecule has 0 unspecified atom stereocenters. The minimum atomic E-state index is -3.83. The standard InChI is InChI=1S/C12H16N2O4S/c1-3-4-12(16)13-10-5-7-11(8-6-10)19(17,18)14-9(2)15/h5-8H,3-4H2,1-2H3,(H,13,16)(H,14,15). The number of carbonyl (C=O) groups is 2. The molecule has 19 heavy (non-hydrogen) atoms. The lowest BCUT2D eigenvalue weighted by molar-refractivity contribution is -0.117. The summed E-state index contributed by atoms with van der Waals surface area (Å²) in [5.41, 5.74) is 0.514. The zero-order valence-corrected chi connectivity index (χ0v) is 11.6. The largest absolute Gasteiger partial charge is 0.326 e. The number of amides is 2. The summed E-state index contributed by atoms with van der Waals surface area (Å²) in [6, 6.07) is 5.60. The van der Waals surface area contributed by atoms with Crippen molar-refractivity contribution in [3.8, 4) is 0 Å². The van der Waals surface area contributed by atoms with E-state index in [1.807, 2.05) is 11.6 Å². The number of hydrogen-bond acceptors (Lipinski definition) is 4. The smallest absolute Gasteiger partial charge is 0.264 e. The molecule has 0 fully saturated rings. The second kappa shape index (κ2) is 6.33. The van der Waals surface area contributed by atoms with Crippen LogP contribution in [0.1, 0.15) is 26.7 Å². The molecule has 0 aliphatic rings. The fraction of sp³-hybridized carbons (Fsp3) is 0.333. The first-order valence-electron chi connectivity index (χ1n) is 5.78. The van der Waals surface area contributed by atoms with E-state index in [1.54, 1.807) is 0 Å². The van der Waals surface area contributed by atoms with Gasteiger partial charge in [0, 0.05) is 19.0 Å². The van der Waals surface area contributed by atoms with Crippen LogP contribution in [0.25, 0.3) is 0 Å². The van der Waals surface area contributed by atoms with Crippen molar-refractivity contribution in [2.45, 2.75) is 31.6 Å². The minimum Gasteiger partial charge on any atom is -0.326 e. The zero-order chi connectivity index (χ0) is 14.5. The van der Waals surface area contributed by atoms with Crippen LogP contribution in [0, 0.1) is 0 Å². The van der Waals surface area contributed by atoms with Gasteiger partial charge >= 0.3 is 0 Å². The van der Waals surface area contributed by atoms with Crippen molar-refractivity contribution in [1.82, 2.24) is 4.72 Å². The first-order valence-corrected chi connectivity index (χ1v) is 7.27. The number of nitrogens with one attached hydrogen (secondary N) is 2. The van der Waals surface area contributed by atoms with E-state index in [-0.39, 0.29) is 10.8 Å². The molecule has 0 aromatic heterocycles. The molecule has 1 rings (SSSR count). The molecule has 104 valence electrons. The Hall–Kier alpha value is -1.89. The fourth-order valence-electron chi connectivity index (χ4n) is 1.42. The van der Waals surface area contributed by atoms with E-state index >= 15 is 0 Å². The maximum absolute atomic E-state index is 11.7. The zero-order valence-electron chi connectivity index (χ0n) is 10.8. The Morgan fingerprint density at radius 1 is 1.16 bits per heavy atom. The molecule has 0 aliphatic carbocycles. The first-order chi connectivity index (χ1) is 8.85. The normalized spacial score (nSPS) is 10.8. The van der Waals surface area contributed by atoms with E-state index in [1.165, 1.54) is 24.3 Å². The van der Waals surface area contributed by atoms with Crippen molar-refractivity contribution >= 4 is 27.5 Å². The average molecular weight is 284 g/mol. The third-order valence-corrected chi connectivity index (χ3v) is 3.65. The predicted octanol–water partition coefficient (Wildman–Crippen LogP) is 1.25. The summed E-state index contributed by atoms with van der Waals surface area (Å²) in [6.07, 6.45) is 1.15. The SMILES string of the molecule is CCCC(=O)Nc1ccc(S(=O)(=O)NC(C)=O)cc1. The van der Waals surface area contributed by atoms with Crippen LogP contribution in [0.5, 0.6) is 0 Å². The summed E-state index contributed by atoms with van der Waals surface area (Å²) >= 11 is 0. The molecule has 0 aliphatic heterocycles. The summed E-state index contributed by atoms with van der Waals surface area (Å²) in [7, 11) is -3.83. The van der Waals surface area contributed by atoms with Crippen molar-refractivity contribution in [1.29, 1.82) is 0 Å². The summed E-state index contributed by atoms with van der Waals surface area (Å²) in [6.45, 7) is 3.01. The Bertz CT molecular complexity index is 564. The lowest BCUT2D eigenvalue weighted by atomic mass is 10.3. The molecule has 2 N–H and O–H groups in total. The van der Waals surface area contributed by atoms with Crippen LogP contribution in [-0.4, -0.2) is 20.2 Å². The molecular weight excluding hydrogens is 268 g/mol. The topological polar surface area (TPSA) is 92.3 Å². The second-order valence-electron chi connectivity index (χ2n) is 3.98. The van der Waals surface area contributed by atoms with Gasteiger partial charge in [0.25, 0.3) is 10.0 Å². The first kappa shape index (κ1) is 15.2. The van der Waals surface area contributed by atoms with Crippen molar-refractivity contribution in [2.24, 2.45) is 0 Å². The fourth-order valence-corrected chi connectivity index (χ4v) is 2.41. The lowest BCUT2D eigenvalue weighted by Gasteiger charge is -2.07. The van der Waals surface area contributed by atoms with E-state index in [4.69, 9.17) is 0 Å². The van der Waals surface area contributed by atoms with Crippen molar-refractivity contribution < 1.29 is 18.0 Å². The van der Waals surface area contributed by atoms with Crippen LogP contribution in [0.2, 0.25) is 0 Å². The number of hydrogen-bond donors (Lipinski definition) is 2. The van der Waals surface area contributed by atoms with Crippen LogP contribution >= 0.6 is 0 Å². The Morgan fingerprint density at radius 3 is 2.21 bits per heavy atom. The summed E-state index contributed by atoms with van der Waals surface area (Å²) < 4.78 is 25.2. The molecule has 0 saturated carbocycles. The van der Waals surface area contributed by atoms with Crippen LogP contribution in [0.4, 0.5) is 5.69 Å². The van der Waals surface area contributed by atoms with Crippen LogP contribution in [0.15, 0.2) is 29.2 Å². The van der Waals surface area contributed by atoms with Gasteiger partial charge in [-0.05, 0) is 30.7 Å². The van der Waals surface area contributed by atoms with Gasteiger partial charge in [-0.2, -0.15) is 0 Å². The van der Waals surface area contributed by atoms with Gasteiger partial charge in [-0.25, -0.2) is 13.1 Å². The lowest BCUT2D eigenvalue weighted by Crippen LogP contribution is -2.28. The molecule has 0 heterocycles. The van der Waals surface area contributed by atoms with Crippen LogP contribution in [0.3, 0.4) is 0 Å². The molecule has 6 nitrogen and oxygen atoms in total. The van der Waals surface area contributed by atoms with Crippen LogP contribution < -0.4 is 10.0 Å². The van der Waals surface area contributed by atoms with Crippen molar-refractivity contribution in [3.63, 3.8) is 0 Å². The number of rotatable bonds is 5. The summed E-state index contributed by atoms with van der Waals surface area (Å²) in [5, 5.41) is 2.64. The third-order valence-electron chi connectivity index (χ3n) is 2.20. The number of anilines is 1. The van der Waals surface area contributed by atoms with Gasteiger partial charge in [-0.15, -0.1) is 0 Å². The van der Waals surface area contributed by atoms with Gasteiger partial charge in [-0.1, -0.05) is 6.92 Å². The van der Waals surface area contributed by atoms with E-state index in [2.05, 4.69) is 5.32 Å². The highest BCUT2D eigenvalue weighted by atomic mass is 32.2. The van der Waals surface area contributed by atoms with Gasteiger partial charge in [0.15, 0.2) is 0 Å². The van der Waals surface area contributed by atoms with Crippen LogP contribution in [-0.2, 0) is 19.6 Å². The predicted molar refractivity (Wildman–Crippen MR) is 71.0 cm³/mol.